The van der Waals surface area contributed by atoms with E-state index < -0.39 is 11.6 Å². The van der Waals surface area contributed by atoms with Gasteiger partial charge in [0.2, 0.25) is 0 Å². The highest BCUT2D eigenvalue weighted by Crippen LogP contribution is 2.37. The zero-order chi connectivity index (χ0) is 21.9. The Morgan fingerprint density at radius 2 is 1.32 bits per heavy atom. The van der Waals surface area contributed by atoms with Gasteiger partial charge < -0.3 is 0 Å². The fraction of sp³-hybridized carbons (Fsp3) is 0.517. The number of rotatable bonds is 9. The summed E-state index contributed by atoms with van der Waals surface area (Å²) in [6.07, 6.45) is 16.5. The molecule has 0 unspecified atom stereocenters. The Balaban J connectivity index is 1.40. The molecule has 1 aliphatic carbocycles. The second-order valence-electron chi connectivity index (χ2n) is 9.13. The summed E-state index contributed by atoms with van der Waals surface area (Å²) in [5.74, 6) is 5.86. The molecule has 2 heteroatoms. The Hall–Kier alpha value is -2.14. The third kappa shape index (κ3) is 7.80. The van der Waals surface area contributed by atoms with E-state index in [1.54, 1.807) is 0 Å². The van der Waals surface area contributed by atoms with Gasteiger partial charge in [-0.15, -0.1) is 0 Å². The molecule has 1 saturated carbocycles. The summed E-state index contributed by atoms with van der Waals surface area (Å²) in [4.78, 5) is 0. The molecule has 0 N–H and O–H groups in total. The van der Waals surface area contributed by atoms with Gasteiger partial charge in [-0.3, -0.25) is 0 Å². The maximum absolute atomic E-state index is 13.3. The summed E-state index contributed by atoms with van der Waals surface area (Å²) in [7, 11) is 0. The summed E-state index contributed by atoms with van der Waals surface area (Å²) in [5.41, 5.74) is 2.80. The van der Waals surface area contributed by atoms with Crippen LogP contribution in [0, 0.1) is 29.4 Å². The third-order valence-corrected chi connectivity index (χ3v) is 6.72. The minimum absolute atomic E-state index is 0.488. The van der Waals surface area contributed by atoms with Crippen LogP contribution in [0.1, 0.15) is 107 Å². The summed E-state index contributed by atoms with van der Waals surface area (Å²) in [5, 5.41) is 0. The summed E-state index contributed by atoms with van der Waals surface area (Å²) < 4.78 is 26.3. The maximum Gasteiger partial charge on any atom is 0.160 e. The van der Waals surface area contributed by atoms with Gasteiger partial charge in [-0.05, 0) is 73.4 Å². The average Bonchev–Trinajstić information content (AvgIpc) is 2.80. The first kappa shape index (κ1) is 23.5. The first-order valence-electron chi connectivity index (χ1n) is 12.2. The summed E-state index contributed by atoms with van der Waals surface area (Å²) >= 11 is 0. The van der Waals surface area contributed by atoms with Crippen LogP contribution in [-0.2, 0) is 0 Å². The second-order valence-corrected chi connectivity index (χ2v) is 9.13. The van der Waals surface area contributed by atoms with Crippen LogP contribution in [-0.4, -0.2) is 0 Å². The van der Waals surface area contributed by atoms with Crippen molar-refractivity contribution >= 4 is 0 Å². The predicted molar refractivity (Wildman–Crippen MR) is 126 cm³/mol. The van der Waals surface area contributed by atoms with Crippen molar-refractivity contribution in [1.82, 2.24) is 0 Å². The normalized spacial score (nSPS) is 18.4. The van der Waals surface area contributed by atoms with E-state index in [4.69, 9.17) is 0 Å². The lowest BCUT2D eigenvalue weighted by Gasteiger charge is -2.29. The predicted octanol–water partition coefficient (Wildman–Crippen LogP) is 8.78. The van der Waals surface area contributed by atoms with Gasteiger partial charge in [0.15, 0.2) is 11.6 Å². The van der Waals surface area contributed by atoms with E-state index in [0.29, 0.717) is 11.5 Å². The fourth-order valence-electron chi connectivity index (χ4n) is 4.73. The van der Waals surface area contributed by atoms with E-state index in [9.17, 15) is 8.78 Å². The number of benzene rings is 2. The van der Waals surface area contributed by atoms with E-state index in [0.717, 1.165) is 23.6 Å². The van der Waals surface area contributed by atoms with Crippen molar-refractivity contribution in [3.05, 3.63) is 70.8 Å². The van der Waals surface area contributed by atoms with E-state index >= 15 is 0 Å². The molecule has 3 rings (SSSR count). The zero-order valence-corrected chi connectivity index (χ0v) is 18.9. The molecular weight excluding hydrogens is 386 g/mol. The van der Waals surface area contributed by atoms with Crippen molar-refractivity contribution in [1.29, 1.82) is 0 Å². The molecule has 1 aliphatic rings. The van der Waals surface area contributed by atoms with Crippen LogP contribution in [0.3, 0.4) is 0 Å². The van der Waals surface area contributed by atoms with Crippen LogP contribution in [0.25, 0.3) is 0 Å². The van der Waals surface area contributed by atoms with Gasteiger partial charge in [-0.25, -0.2) is 8.78 Å². The monoisotopic (exact) mass is 422 g/mol. The van der Waals surface area contributed by atoms with Gasteiger partial charge in [-0.2, -0.15) is 0 Å². The Bertz CT molecular complexity index is 849. The minimum atomic E-state index is -0.857. The highest BCUT2D eigenvalue weighted by atomic mass is 19.2. The van der Waals surface area contributed by atoms with Crippen LogP contribution in [0.15, 0.2) is 42.5 Å². The van der Waals surface area contributed by atoms with E-state index in [1.807, 2.05) is 12.1 Å². The van der Waals surface area contributed by atoms with Crippen molar-refractivity contribution in [3.8, 4) is 11.8 Å². The fourth-order valence-corrected chi connectivity index (χ4v) is 4.73. The molecular formula is C29H36F2. The van der Waals surface area contributed by atoms with Gasteiger partial charge in [0.05, 0.1) is 0 Å². The largest absolute Gasteiger partial charge is 0.204 e. The zero-order valence-electron chi connectivity index (χ0n) is 18.9. The van der Waals surface area contributed by atoms with Crippen molar-refractivity contribution in [2.24, 2.45) is 5.92 Å². The molecule has 0 saturated heterocycles. The molecule has 2 aromatic carbocycles. The second kappa shape index (κ2) is 12.7. The first-order chi connectivity index (χ1) is 15.2. The van der Waals surface area contributed by atoms with Crippen molar-refractivity contribution < 1.29 is 8.78 Å². The highest BCUT2D eigenvalue weighted by molar-refractivity contribution is 5.44. The molecule has 0 aromatic heterocycles. The number of halogens is 2. The molecule has 0 aliphatic heterocycles. The van der Waals surface area contributed by atoms with Crippen molar-refractivity contribution in [2.45, 2.75) is 89.9 Å². The molecule has 1 fully saturated rings. The average molecular weight is 423 g/mol. The van der Waals surface area contributed by atoms with Crippen LogP contribution in [0.2, 0.25) is 0 Å². The van der Waals surface area contributed by atoms with Gasteiger partial charge in [0.25, 0.3) is 0 Å². The smallest absolute Gasteiger partial charge is 0.160 e. The van der Waals surface area contributed by atoms with Crippen LogP contribution in [0.5, 0.6) is 0 Å². The lowest BCUT2D eigenvalue weighted by molar-refractivity contribution is 0.302. The molecule has 31 heavy (non-hydrogen) atoms. The number of hydrogen-bond acceptors (Lipinski definition) is 0. The lowest BCUT2D eigenvalue weighted by atomic mass is 9.77. The third-order valence-electron chi connectivity index (χ3n) is 6.72. The SMILES string of the molecule is CCCCCCCCC[C@H]1CC[C@H](c2ccc(C#Cc3ccc(F)c(F)c3)cc2)CC1. The van der Waals surface area contributed by atoms with Gasteiger partial charge in [-0.1, -0.05) is 82.3 Å². The van der Waals surface area contributed by atoms with E-state index in [2.05, 4.69) is 30.9 Å². The Labute approximate surface area is 187 Å². The van der Waals surface area contributed by atoms with Gasteiger partial charge in [0.1, 0.15) is 0 Å². The topological polar surface area (TPSA) is 0 Å². The Morgan fingerprint density at radius 1 is 0.710 bits per heavy atom. The van der Waals surface area contributed by atoms with Crippen molar-refractivity contribution in [3.63, 3.8) is 0 Å². The molecule has 0 heterocycles. The lowest BCUT2D eigenvalue weighted by Crippen LogP contribution is -2.13. The molecule has 0 nitrogen and oxygen atoms in total. The van der Waals surface area contributed by atoms with Crippen LogP contribution >= 0.6 is 0 Å². The van der Waals surface area contributed by atoms with Crippen LogP contribution < -0.4 is 0 Å². The standard InChI is InChI=1S/C29H36F2/c1-2-3-4-5-6-7-8-9-23-12-17-26(18-13-23)27-19-14-24(15-20-27)10-11-25-16-21-28(30)29(31)22-25/h14-16,19-23,26H,2-9,12-13,17-18H2,1H3/t23-,26-. The van der Waals surface area contributed by atoms with E-state index in [-0.39, 0.29) is 0 Å². The summed E-state index contributed by atoms with van der Waals surface area (Å²) in [6.45, 7) is 2.28. The highest BCUT2D eigenvalue weighted by Gasteiger charge is 2.21. The number of unbranched alkanes of at least 4 members (excludes halogenated alkanes) is 6. The van der Waals surface area contributed by atoms with Crippen molar-refractivity contribution in [2.75, 3.05) is 0 Å². The van der Waals surface area contributed by atoms with Crippen LogP contribution in [0.4, 0.5) is 8.78 Å². The molecule has 0 radical (unpaired) electrons. The Morgan fingerprint density at radius 3 is 2.00 bits per heavy atom. The molecule has 0 spiro atoms. The summed E-state index contributed by atoms with van der Waals surface area (Å²) in [6, 6.07) is 12.2. The van der Waals surface area contributed by atoms with E-state index in [1.165, 1.54) is 88.7 Å². The van der Waals surface area contributed by atoms with Gasteiger partial charge in [0, 0.05) is 11.1 Å². The first-order valence-corrected chi connectivity index (χ1v) is 12.2. The number of hydrogen-bond donors (Lipinski definition) is 0. The molecule has 0 amide bonds. The van der Waals surface area contributed by atoms with Gasteiger partial charge >= 0.3 is 0 Å². The molecule has 166 valence electrons. The quantitative estimate of drug-likeness (QED) is 0.280. The Kier molecular flexibility index (Phi) is 9.60. The minimum Gasteiger partial charge on any atom is -0.204 e. The maximum atomic E-state index is 13.3. The molecule has 2 aromatic rings. The molecule has 0 atom stereocenters. The molecule has 0 bridgehead atoms.